The van der Waals surface area contributed by atoms with Crippen LogP contribution >= 0.6 is 0 Å². The number of benzene rings is 1. The molecule has 88 valence electrons. The van der Waals surface area contributed by atoms with Crippen LogP contribution in [0.2, 0.25) is 0 Å². The van der Waals surface area contributed by atoms with Crippen LogP contribution in [-0.4, -0.2) is 17.3 Å². The van der Waals surface area contributed by atoms with Crippen LogP contribution in [0.4, 0.5) is 14.5 Å². The zero-order valence-electron chi connectivity index (χ0n) is 8.92. The minimum Gasteiger partial charge on any atom is -0.391 e. The number of anilines is 1. The van der Waals surface area contributed by atoms with Crippen molar-refractivity contribution in [1.29, 1.82) is 0 Å². The monoisotopic (exact) mass is 227 g/mol. The Bertz CT molecular complexity index is 350. The van der Waals surface area contributed by atoms with E-state index in [0.717, 1.165) is 31.7 Å². The molecule has 1 aliphatic carbocycles. The van der Waals surface area contributed by atoms with Gasteiger partial charge in [-0.3, -0.25) is 0 Å². The number of halogens is 2. The summed E-state index contributed by atoms with van der Waals surface area (Å²) in [4.78, 5) is 0. The van der Waals surface area contributed by atoms with Gasteiger partial charge in [-0.2, -0.15) is 0 Å². The SMILES string of the molecule is OC1CCCCC1Nc1cc(F)cc(F)c1. The lowest BCUT2D eigenvalue weighted by Gasteiger charge is -2.29. The minimum absolute atomic E-state index is 0.102. The van der Waals surface area contributed by atoms with Crippen molar-refractivity contribution in [3.63, 3.8) is 0 Å². The van der Waals surface area contributed by atoms with Crippen LogP contribution in [0.3, 0.4) is 0 Å². The molecule has 2 N–H and O–H groups in total. The second-order valence-electron chi connectivity index (χ2n) is 4.26. The molecule has 0 amide bonds. The van der Waals surface area contributed by atoms with Crippen molar-refractivity contribution in [2.75, 3.05) is 5.32 Å². The predicted molar refractivity (Wildman–Crippen MR) is 58.2 cm³/mol. The van der Waals surface area contributed by atoms with Gasteiger partial charge in [0.05, 0.1) is 12.1 Å². The van der Waals surface area contributed by atoms with Gasteiger partial charge >= 0.3 is 0 Å². The van der Waals surface area contributed by atoms with E-state index in [-0.39, 0.29) is 6.04 Å². The van der Waals surface area contributed by atoms with Gasteiger partial charge in [-0.1, -0.05) is 12.8 Å². The average Bonchev–Trinajstić information content (AvgIpc) is 2.20. The van der Waals surface area contributed by atoms with E-state index < -0.39 is 17.7 Å². The predicted octanol–water partition coefficient (Wildman–Crippen LogP) is 2.68. The van der Waals surface area contributed by atoms with Crippen LogP contribution in [0, 0.1) is 11.6 Å². The first-order chi connectivity index (χ1) is 7.65. The van der Waals surface area contributed by atoms with Crippen molar-refractivity contribution in [2.24, 2.45) is 0 Å². The van der Waals surface area contributed by atoms with Crippen LogP contribution in [0.25, 0.3) is 0 Å². The molecule has 0 spiro atoms. The molecule has 2 rings (SSSR count). The Hall–Kier alpha value is -1.16. The first kappa shape index (κ1) is 11.3. The molecule has 16 heavy (non-hydrogen) atoms. The molecule has 2 nitrogen and oxygen atoms in total. The zero-order valence-corrected chi connectivity index (χ0v) is 8.92. The molecular formula is C12H15F2NO. The van der Waals surface area contributed by atoms with Crippen molar-refractivity contribution >= 4 is 5.69 Å². The van der Waals surface area contributed by atoms with Crippen molar-refractivity contribution in [3.05, 3.63) is 29.8 Å². The Balaban J connectivity index is 2.07. The van der Waals surface area contributed by atoms with Crippen LogP contribution in [-0.2, 0) is 0 Å². The van der Waals surface area contributed by atoms with Crippen molar-refractivity contribution in [3.8, 4) is 0 Å². The fourth-order valence-electron chi connectivity index (χ4n) is 2.13. The van der Waals surface area contributed by atoms with Crippen molar-refractivity contribution in [2.45, 2.75) is 37.8 Å². The lowest BCUT2D eigenvalue weighted by atomic mass is 9.92. The fraction of sp³-hybridized carbons (Fsp3) is 0.500. The molecule has 0 aliphatic heterocycles. The summed E-state index contributed by atoms with van der Waals surface area (Å²) >= 11 is 0. The van der Waals surface area contributed by atoms with Gasteiger partial charge in [-0.25, -0.2) is 8.78 Å². The van der Waals surface area contributed by atoms with Gasteiger partial charge in [0.2, 0.25) is 0 Å². The van der Waals surface area contributed by atoms with Gasteiger partial charge in [0, 0.05) is 11.8 Å². The van der Waals surface area contributed by atoms with Gasteiger partial charge in [0.1, 0.15) is 11.6 Å². The number of nitrogens with one attached hydrogen (secondary N) is 1. The Kier molecular flexibility index (Phi) is 3.39. The normalized spacial score (nSPS) is 25.4. The van der Waals surface area contributed by atoms with Gasteiger partial charge in [-0.05, 0) is 25.0 Å². The maximum absolute atomic E-state index is 12.9. The molecule has 2 unspecified atom stereocenters. The third kappa shape index (κ3) is 2.70. The molecular weight excluding hydrogens is 212 g/mol. The Morgan fingerprint density at radius 2 is 1.69 bits per heavy atom. The summed E-state index contributed by atoms with van der Waals surface area (Å²) in [5.41, 5.74) is 0.392. The summed E-state index contributed by atoms with van der Waals surface area (Å²) in [6, 6.07) is 3.21. The lowest BCUT2D eigenvalue weighted by Crippen LogP contribution is -2.36. The first-order valence-corrected chi connectivity index (χ1v) is 5.56. The molecule has 4 heteroatoms. The summed E-state index contributed by atoms with van der Waals surface area (Å²) in [6.07, 6.45) is 3.19. The molecule has 0 bridgehead atoms. The maximum atomic E-state index is 12.9. The van der Waals surface area contributed by atoms with E-state index in [1.807, 2.05) is 0 Å². The highest BCUT2D eigenvalue weighted by molar-refractivity contribution is 5.44. The summed E-state index contributed by atoms with van der Waals surface area (Å²) in [5.74, 6) is -1.21. The molecule has 0 saturated heterocycles. The molecule has 0 heterocycles. The van der Waals surface area contributed by atoms with Crippen LogP contribution in [0.1, 0.15) is 25.7 Å². The number of hydrogen-bond donors (Lipinski definition) is 2. The molecule has 1 aromatic rings. The Labute approximate surface area is 93.3 Å². The molecule has 0 aromatic heterocycles. The Morgan fingerprint density at radius 1 is 1.06 bits per heavy atom. The quantitative estimate of drug-likeness (QED) is 0.814. The van der Waals surface area contributed by atoms with E-state index in [9.17, 15) is 13.9 Å². The summed E-state index contributed by atoms with van der Waals surface area (Å²) in [7, 11) is 0. The van der Waals surface area contributed by atoms with E-state index in [0.29, 0.717) is 5.69 Å². The fourth-order valence-corrected chi connectivity index (χ4v) is 2.13. The van der Waals surface area contributed by atoms with Gasteiger partial charge < -0.3 is 10.4 Å². The smallest absolute Gasteiger partial charge is 0.128 e. The van der Waals surface area contributed by atoms with E-state index in [1.54, 1.807) is 0 Å². The third-order valence-corrected chi connectivity index (χ3v) is 2.94. The number of rotatable bonds is 2. The molecule has 1 fully saturated rings. The van der Waals surface area contributed by atoms with E-state index in [4.69, 9.17) is 0 Å². The number of aliphatic hydroxyl groups is 1. The van der Waals surface area contributed by atoms with E-state index in [1.165, 1.54) is 12.1 Å². The second-order valence-corrected chi connectivity index (χ2v) is 4.26. The van der Waals surface area contributed by atoms with Crippen molar-refractivity contribution in [1.82, 2.24) is 0 Å². The largest absolute Gasteiger partial charge is 0.391 e. The highest BCUT2D eigenvalue weighted by Gasteiger charge is 2.22. The molecule has 1 aromatic carbocycles. The van der Waals surface area contributed by atoms with E-state index in [2.05, 4.69) is 5.32 Å². The second kappa shape index (κ2) is 4.78. The zero-order chi connectivity index (χ0) is 11.5. The van der Waals surface area contributed by atoms with E-state index >= 15 is 0 Å². The highest BCUT2D eigenvalue weighted by atomic mass is 19.1. The minimum atomic E-state index is -0.604. The summed E-state index contributed by atoms with van der Waals surface area (Å²) in [6.45, 7) is 0. The lowest BCUT2D eigenvalue weighted by molar-refractivity contribution is 0.116. The molecule has 0 radical (unpaired) electrons. The van der Waals surface area contributed by atoms with Gasteiger partial charge in [-0.15, -0.1) is 0 Å². The van der Waals surface area contributed by atoms with Gasteiger partial charge in [0.25, 0.3) is 0 Å². The molecule has 1 aliphatic rings. The van der Waals surface area contributed by atoms with Gasteiger partial charge in [0.15, 0.2) is 0 Å². The summed E-state index contributed by atoms with van der Waals surface area (Å²) in [5, 5.41) is 12.7. The topological polar surface area (TPSA) is 32.3 Å². The maximum Gasteiger partial charge on any atom is 0.128 e. The molecule has 2 atom stereocenters. The van der Waals surface area contributed by atoms with Crippen molar-refractivity contribution < 1.29 is 13.9 Å². The van der Waals surface area contributed by atoms with Crippen LogP contribution in [0.5, 0.6) is 0 Å². The molecule has 1 saturated carbocycles. The highest BCUT2D eigenvalue weighted by Crippen LogP contribution is 2.23. The Morgan fingerprint density at radius 3 is 2.31 bits per heavy atom. The van der Waals surface area contributed by atoms with Crippen LogP contribution in [0.15, 0.2) is 18.2 Å². The third-order valence-electron chi connectivity index (χ3n) is 2.94. The standard InChI is InChI=1S/C12H15F2NO/c13-8-5-9(14)7-10(6-8)15-11-3-1-2-4-12(11)16/h5-7,11-12,15-16H,1-4H2. The average molecular weight is 227 g/mol. The first-order valence-electron chi connectivity index (χ1n) is 5.56. The van der Waals surface area contributed by atoms with Crippen LogP contribution < -0.4 is 5.32 Å². The summed E-state index contributed by atoms with van der Waals surface area (Å²) < 4.78 is 25.9. The number of hydrogen-bond acceptors (Lipinski definition) is 2. The number of aliphatic hydroxyl groups excluding tert-OH is 1.